The molecule has 0 spiro atoms. The molecule has 2 nitrogen and oxygen atoms in total. The van der Waals surface area contributed by atoms with Gasteiger partial charge in [-0.25, -0.2) is 4.39 Å². The molecule has 0 amide bonds. The fourth-order valence-electron chi connectivity index (χ4n) is 2.14. The smallest absolute Gasteiger partial charge is 0.128 e. The highest BCUT2D eigenvalue weighted by Gasteiger charge is 2.21. The second-order valence-electron chi connectivity index (χ2n) is 4.78. The monoisotopic (exact) mass is 292 g/mol. The number of hydrogen-bond donors (Lipinski definition) is 1. The predicted octanol–water partition coefficient (Wildman–Crippen LogP) is 4.27. The van der Waals surface area contributed by atoms with Crippen molar-refractivity contribution in [2.45, 2.75) is 26.3 Å². The van der Waals surface area contributed by atoms with Crippen LogP contribution in [0.25, 0.3) is 0 Å². The van der Waals surface area contributed by atoms with Crippen molar-refractivity contribution >= 4 is 11.6 Å². The number of nitrogens with zero attached hydrogens (tertiary/aromatic N) is 1. The highest BCUT2D eigenvalue weighted by Crippen LogP contribution is 2.28. The molecule has 0 radical (unpaired) electrons. The lowest BCUT2D eigenvalue weighted by atomic mass is 10.00. The third kappa shape index (κ3) is 3.35. The van der Waals surface area contributed by atoms with Gasteiger partial charge in [0.05, 0.1) is 16.8 Å². The number of aromatic nitrogens is 1. The number of hydrogen-bond acceptors (Lipinski definition) is 2. The summed E-state index contributed by atoms with van der Waals surface area (Å²) in [4.78, 5) is 4.32. The Morgan fingerprint density at radius 3 is 2.85 bits per heavy atom. The van der Waals surface area contributed by atoms with Crippen LogP contribution in [-0.4, -0.2) is 11.5 Å². The highest BCUT2D eigenvalue weighted by atomic mass is 35.5. The average molecular weight is 293 g/mol. The maximum Gasteiger partial charge on any atom is 0.128 e. The fraction of sp³-hybridized carbons (Fsp3) is 0.312. The molecular weight excluding hydrogens is 275 g/mol. The average Bonchev–Trinajstić information content (AvgIpc) is 2.44. The maximum absolute atomic E-state index is 14.2. The standard InChI is InChI=1S/C16H18ClFN2/c1-3-8-19-15(16-13(17)5-4-9-20-16)12-10-11(2)6-7-14(12)18/h4-7,9-10,15,19H,3,8H2,1-2H3. The first-order valence-electron chi connectivity index (χ1n) is 6.73. The molecule has 1 heterocycles. The number of rotatable bonds is 5. The summed E-state index contributed by atoms with van der Waals surface area (Å²) in [5, 5.41) is 3.87. The molecule has 0 aliphatic heterocycles. The minimum absolute atomic E-state index is 0.245. The minimum Gasteiger partial charge on any atom is -0.305 e. The summed E-state index contributed by atoms with van der Waals surface area (Å²) in [5.41, 5.74) is 2.25. The minimum atomic E-state index is -0.330. The van der Waals surface area contributed by atoms with Crippen LogP contribution in [0.3, 0.4) is 0 Å². The van der Waals surface area contributed by atoms with E-state index in [4.69, 9.17) is 11.6 Å². The van der Waals surface area contributed by atoms with E-state index >= 15 is 0 Å². The second-order valence-corrected chi connectivity index (χ2v) is 5.19. The molecule has 1 unspecified atom stereocenters. The highest BCUT2D eigenvalue weighted by molar-refractivity contribution is 6.31. The molecule has 1 atom stereocenters. The Labute approximate surface area is 124 Å². The van der Waals surface area contributed by atoms with Gasteiger partial charge >= 0.3 is 0 Å². The van der Waals surface area contributed by atoms with Crippen LogP contribution in [0.4, 0.5) is 4.39 Å². The van der Waals surface area contributed by atoms with Crippen molar-refractivity contribution in [1.82, 2.24) is 10.3 Å². The zero-order chi connectivity index (χ0) is 14.5. The number of aryl methyl sites for hydroxylation is 1. The molecule has 0 saturated carbocycles. The normalized spacial score (nSPS) is 12.4. The molecule has 0 fully saturated rings. The van der Waals surface area contributed by atoms with Gasteiger partial charge in [0.2, 0.25) is 0 Å². The quantitative estimate of drug-likeness (QED) is 0.890. The van der Waals surface area contributed by atoms with Crippen LogP contribution in [0, 0.1) is 12.7 Å². The molecule has 2 aromatic rings. The molecule has 106 valence electrons. The van der Waals surface area contributed by atoms with Gasteiger partial charge < -0.3 is 5.32 Å². The van der Waals surface area contributed by atoms with Gasteiger partial charge in [0.25, 0.3) is 0 Å². The molecule has 1 N–H and O–H groups in total. The molecular formula is C16H18ClFN2. The van der Waals surface area contributed by atoms with Gasteiger partial charge in [-0.1, -0.05) is 36.2 Å². The van der Waals surface area contributed by atoms with E-state index in [0.717, 1.165) is 18.5 Å². The zero-order valence-electron chi connectivity index (χ0n) is 11.7. The lowest BCUT2D eigenvalue weighted by Crippen LogP contribution is -2.25. The molecule has 2 rings (SSSR count). The summed E-state index contributed by atoms with van der Waals surface area (Å²) in [6.45, 7) is 4.78. The van der Waals surface area contributed by atoms with Crippen molar-refractivity contribution in [3.05, 3.63) is 64.2 Å². The first kappa shape index (κ1) is 14.9. The van der Waals surface area contributed by atoms with Crippen LogP contribution in [0.1, 0.15) is 36.2 Å². The van der Waals surface area contributed by atoms with Crippen LogP contribution in [-0.2, 0) is 0 Å². The Hall–Kier alpha value is -1.45. The summed E-state index contributed by atoms with van der Waals surface area (Å²) in [6.07, 6.45) is 2.63. The van der Waals surface area contributed by atoms with Crippen molar-refractivity contribution in [3.63, 3.8) is 0 Å². The number of benzene rings is 1. The molecule has 0 aliphatic carbocycles. The molecule has 4 heteroatoms. The van der Waals surface area contributed by atoms with E-state index in [0.29, 0.717) is 16.3 Å². The van der Waals surface area contributed by atoms with Crippen LogP contribution < -0.4 is 5.32 Å². The van der Waals surface area contributed by atoms with E-state index in [1.54, 1.807) is 24.4 Å². The summed E-state index contributed by atoms with van der Waals surface area (Å²) in [5.74, 6) is -0.245. The Morgan fingerprint density at radius 2 is 2.15 bits per heavy atom. The molecule has 0 aliphatic rings. The lowest BCUT2D eigenvalue weighted by Gasteiger charge is -2.20. The SMILES string of the molecule is CCCNC(c1cc(C)ccc1F)c1ncccc1Cl. The van der Waals surface area contributed by atoms with Crippen molar-refractivity contribution in [1.29, 1.82) is 0 Å². The van der Waals surface area contributed by atoms with Crippen LogP contribution in [0.15, 0.2) is 36.5 Å². The van der Waals surface area contributed by atoms with Gasteiger partial charge in [0.1, 0.15) is 5.82 Å². The van der Waals surface area contributed by atoms with Crippen LogP contribution in [0.5, 0.6) is 0 Å². The summed E-state index contributed by atoms with van der Waals surface area (Å²) < 4.78 is 14.2. The Balaban J connectivity index is 2.47. The number of pyridine rings is 1. The van der Waals surface area contributed by atoms with Gasteiger partial charge in [-0.15, -0.1) is 0 Å². The second kappa shape index (κ2) is 6.82. The van der Waals surface area contributed by atoms with Gasteiger partial charge in [0, 0.05) is 11.8 Å². The summed E-state index contributed by atoms with van der Waals surface area (Å²) >= 11 is 6.21. The Kier molecular flexibility index (Phi) is 5.10. The van der Waals surface area contributed by atoms with E-state index in [1.807, 2.05) is 13.0 Å². The third-order valence-corrected chi connectivity index (χ3v) is 3.44. The largest absolute Gasteiger partial charge is 0.305 e. The summed E-state index contributed by atoms with van der Waals surface area (Å²) in [7, 11) is 0. The Morgan fingerprint density at radius 1 is 1.35 bits per heavy atom. The van der Waals surface area contributed by atoms with Gasteiger partial charge in [-0.05, 0) is 38.1 Å². The first-order valence-corrected chi connectivity index (χ1v) is 7.11. The topological polar surface area (TPSA) is 24.9 Å². The number of halogens is 2. The van der Waals surface area contributed by atoms with Crippen LogP contribution in [0.2, 0.25) is 5.02 Å². The molecule has 20 heavy (non-hydrogen) atoms. The van der Waals surface area contributed by atoms with Crippen molar-refractivity contribution < 1.29 is 4.39 Å². The van der Waals surface area contributed by atoms with Gasteiger partial charge in [-0.2, -0.15) is 0 Å². The van der Waals surface area contributed by atoms with Crippen molar-refractivity contribution in [3.8, 4) is 0 Å². The van der Waals surface area contributed by atoms with Crippen molar-refractivity contribution in [2.75, 3.05) is 6.54 Å². The molecule has 0 bridgehead atoms. The van der Waals surface area contributed by atoms with Gasteiger partial charge in [-0.3, -0.25) is 4.98 Å². The predicted molar refractivity (Wildman–Crippen MR) is 80.5 cm³/mol. The molecule has 1 aromatic heterocycles. The van der Waals surface area contributed by atoms with Crippen molar-refractivity contribution in [2.24, 2.45) is 0 Å². The van der Waals surface area contributed by atoms with Gasteiger partial charge in [0.15, 0.2) is 0 Å². The van der Waals surface area contributed by atoms with E-state index in [9.17, 15) is 4.39 Å². The third-order valence-electron chi connectivity index (χ3n) is 3.12. The first-order chi connectivity index (χ1) is 9.63. The molecule has 1 aromatic carbocycles. The molecule has 0 saturated heterocycles. The van der Waals surface area contributed by atoms with E-state index in [-0.39, 0.29) is 11.9 Å². The fourth-order valence-corrected chi connectivity index (χ4v) is 2.37. The van der Waals surface area contributed by atoms with E-state index in [1.165, 1.54) is 6.07 Å². The van der Waals surface area contributed by atoms with E-state index in [2.05, 4.69) is 17.2 Å². The Bertz CT molecular complexity index is 586. The van der Waals surface area contributed by atoms with E-state index < -0.39 is 0 Å². The summed E-state index contributed by atoms with van der Waals surface area (Å²) in [6, 6.07) is 8.31. The maximum atomic E-state index is 14.2. The van der Waals surface area contributed by atoms with Crippen LogP contribution >= 0.6 is 11.6 Å². The number of nitrogens with one attached hydrogen (secondary N) is 1. The lowest BCUT2D eigenvalue weighted by molar-refractivity contribution is 0.539. The zero-order valence-corrected chi connectivity index (χ0v) is 12.4.